The Bertz CT molecular complexity index is 641. The van der Waals surface area contributed by atoms with Crippen LogP contribution in [0.1, 0.15) is 5.82 Å². The molecule has 1 saturated heterocycles. The molecule has 2 radical (unpaired) electrons. The Morgan fingerprint density at radius 3 is 2.38 bits per heavy atom. The van der Waals surface area contributed by atoms with Crippen molar-refractivity contribution in [3.05, 3.63) is 5.82 Å². The minimum atomic E-state index is 0.0809. The van der Waals surface area contributed by atoms with Crippen molar-refractivity contribution < 1.29 is 0 Å². The Morgan fingerprint density at radius 2 is 1.67 bits per heavy atom. The fraction of sp³-hybridized carbons (Fsp3) is 0.545. The molecule has 3 heterocycles. The Morgan fingerprint density at radius 1 is 0.952 bits per heavy atom. The molecule has 21 heavy (non-hydrogen) atoms. The van der Waals surface area contributed by atoms with Crippen LogP contribution in [0.2, 0.25) is 0 Å². The lowest BCUT2D eigenvalue weighted by atomic mass is 10.3. The monoisotopic (exact) mass is 301 g/mol. The zero-order valence-corrected chi connectivity index (χ0v) is 12.8. The zero-order valence-electron chi connectivity index (χ0n) is 11.6. The average Bonchev–Trinajstić information content (AvgIpc) is 2.48. The SMILES string of the molecule is Nc1nc(N)c2nc(CN3CCN([CH2][Al])CC3)nnc2n1. The lowest BCUT2D eigenvalue weighted by molar-refractivity contribution is 0.139. The summed E-state index contributed by atoms with van der Waals surface area (Å²) in [6.07, 6.45) is 0. The van der Waals surface area contributed by atoms with Crippen molar-refractivity contribution in [3.63, 3.8) is 0 Å². The van der Waals surface area contributed by atoms with E-state index in [1.54, 1.807) is 0 Å². The van der Waals surface area contributed by atoms with E-state index in [-0.39, 0.29) is 11.8 Å². The Kier molecular flexibility index (Phi) is 4.12. The van der Waals surface area contributed by atoms with E-state index in [9.17, 15) is 0 Å². The van der Waals surface area contributed by atoms with Gasteiger partial charge in [0.05, 0.1) is 6.54 Å². The van der Waals surface area contributed by atoms with Crippen LogP contribution < -0.4 is 11.5 Å². The second kappa shape index (κ2) is 6.03. The lowest BCUT2D eigenvalue weighted by Crippen LogP contribution is -2.46. The number of fused-ring (bicyclic) bond motifs is 1. The highest BCUT2D eigenvalue weighted by atomic mass is 27.0. The van der Waals surface area contributed by atoms with Gasteiger partial charge in [-0.05, 0) is 0 Å². The topological polar surface area (TPSA) is 123 Å². The van der Waals surface area contributed by atoms with Crippen molar-refractivity contribution in [1.29, 1.82) is 0 Å². The summed E-state index contributed by atoms with van der Waals surface area (Å²) in [6, 6.07) is 0. The molecule has 1 fully saturated rings. The summed E-state index contributed by atoms with van der Waals surface area (Å²) in [5, 5.41) is 9.15. The van der Waals surface area contributed by atoms with Crippen LogP contribution in [-0.4, -0.2) is 82.8 Å². The molecule has 9 nitrogen and oxygen atoms in total. The maximum Gasteiger partial charge on any atom is 0.224 e. The predicted octanol–water partition coefficient (Wildman–Crippen LogP) is -1.78. The number of hydrogen-bond acceptors (Lipinski definition) is 9. The summed E-state index contributed by atoms with van der Waals surface area (Å²) in [4.78, 5) is 17.0. The van der Waals surface area contributed by atoms with Gasteiger partial charge in [0.25, 0.3) is 0 Å². The first-order valence-electron chi connectivity index (χ1n) is 6.73. The van der Waals surface area contributed by atoms with Gasteiger partial charge in [-0.1, -0.05) is 5.41 Å². The first-order valence-corrected chi connectivity index (χ1v) is 7.54. The Labute approximate surface area is 130 Å². The minimum Gasteiger partial charge on any atom is -0.382 e. The van der Waals surface area contributed by atoms with Crippen molar-refractivity contribution >= 4 is 39.2 Å². The molecule has 0 amide bonds. The number of hydrogen-bond donors (Lipinski definition) is 2. The summed E-state index contributed by atoms with van der Waals surface area (Å²) in [5.74, 6) is 0.945. The van der Waals surface area contributed by atoms with E-state index >= 15 is 0 Å². The molecule has 0 aromatic carbocycles. The van der Waals surface area contributed by atoms with Gasteiger partial charge in [0, 0.05) is 26.2 Å². The molecule has 2 aromatic heterocycles. The molecule has 0 saturated carbocycles. The third-order valence-electron chi connectivity index (χ3n) is 3.50. The van der Waals surface area contributed by atoms with Crippen LogP contribution in [0.3, 0.4) is 0 Å². The molecule has 0 unspecified atom stereocenters. The fourth-order valence-electron chi connectivity index (χ4n) is 2.31. The van der Waals surface area contributed by atoms with Gasteiger partial charge in [-0.3, -0.25) is 4.90 Å². The average molecular weight is 301 g/mol. The molecular formula is C11H16AlN9. The number of nitrogens with zero attached hydrogens (tertiary/aromatic N) is 7. The van der Waals surface area contributed by atoms with E-state index in [1.807, 2.05) is 0 Å². The molecular weight excluding hydrogens is 285 g/mol. The van der Waals surface area contributed by atoms with Crippen LogP contribution in [-0.2, 0) is 6.54 Å². The van der Waals surface area contributed by atoms with Gasteiger partial charge in [-0.15, -0.1) is 10.2 Å². The molecule has 0 bridgehead atoms. The van der Waals surface area contributed by atoms with E-state index in [1.165, 1.54) is 0 Å². The van der Waals surface area contributed by atoms with Crippen molar-refractivity contribution in [2.24, 2.45) is 0 Å². The molecule has 2 aromatic rings. The zero-order chi connectivity index (χ0) is 14.8. The number of nitrogens with two attached hydrogens (primary N) is 2. The maximum absolute atomic E-state index is 5.81. The van der Waals surface area contributed by atoms with Gasteiger partial charge in [-0.2, -0.15) is 9.97 Å². The second-order valence-electron chi connectivity index (χ2n) is 4.94. The molecule has 3 rings (SSSR count). The van der Waals surface area contributed by atoms with Crippen molar-refractivity contribution in [3.8, 4) is 0 Å². The normalized spacial score (nSPS) is 17.3. The Balaban J connectivity index is 1.76. The molecule has 1 aliphatic rings. The fourth-order valence-corrected chi connectivity index (χ4v) is 2.67. The van der Waals surface area contributed by atoms with E-state index < -0.39 is 0 Å². The van der Waals surface area contributed by atoms with Crippen LogP contribution >= 0.6 is 0 Å². The molecule has 0 atom stereocenters. The summed E-state index contributed by atoms with van der Waals surface area (Å²) >= 11 is 2.76. The van der Waals surface area contributed by atoms with Crippen LogP contribution in [0.25, 0.3) is 11.2 Å². The summed E-state index contributed by atoms with van der Waals surface area (Å²) in [6.45, 7) is 4.73. The smallest absolute Gasteiger partial charge is 0.224 e. The third kappa shape index (κ3) is 3.19. The number of piperazine rings is 1. The minimum absolute atomic E-state index is 0.0809. The van der Waals surface area contributed by atoms with Crippen molar-refractivity contribution in [2.75, 3.05) is 43.1 Å². The van der Waals surface area contributed by atoms with Crippen molar-refractivity contribution in [1.82, 2.24) is 34.9 Å². The largest absolute Gasteiger partial charge is 0.382 e. The summed E-state index contributed by atoms with van der Waals surface area (Å²) < 4.78 is 0. The Hall–Kier alpha value is -1.60. The first-order chi connectivity index (χ1) is 10.2. The van der Waals surface area contributed by atoms with Crippen molar-refractivity contribution in [2.45, 2.75) is 6.54 Å². The molecule has 10 heteroatoms. The van der Waals surface area contributed by atoms with Crippen LogP contribution in [0.15, 0.2) is 0 Å². The first kappa shape index (κ1) is 14.3. The van der Waals surface area contributed by atoms with E-state index in [4.69, 9.17) is 11.5 Å². The predicted molar refractivity (Wildman–Crippen MR) is 79.2 cm³/mol. The molecule has 0 aliphatic carbocycles. The van der Waals surface area contributed by atoms with Gasteiger partial charge in [0.2, 0.25) is 11.6 Å². The molecule has 108 valence electrons. The van der Waals surface area contributed by atoms with Crippen LogP contribution in [0.5, 0.6) is 0 Å². The van der Waals surface area contributed by atoms with E-state index in [0.717, 1.165) is 31.6 Å². The van der Waals surface area contributed by atoms with Crippen LogP contribution in [0.4, 0.5) is 11.8 Å². The lowest BCUT2D eigenvalue weighted by Gasteiger charge is -2.33. The van der Waals surface area contributed by atoms with E-state index in [2.05, 4.69) is 51.2 Å². The number of anilines is 2. The molecule has 0 spiro atoms. The highest BCUT2D eigenvalue weighted by Gasteiger charge is 2.17. The van der Waals surface area contributed by atoms with Gasteiger partial charge in [0.1, 0.15) is 16.3 Å². The summed E-state index contributed by atoms with van der Waals surface area (Å²) in [5.41, 5.74) is 12.1. The quantitative estimate of drug-likeness (QED) is 0.633. The number of rotatable bonds is 3. The van der Waals surface area contributed by atoms with Gasteiger partial charge in [-0.25, -0.2) is 4.98 Å². The van der Waals surface area contributed by atoms with Gasteiger partial charge < -0.3 is 16.4 Å². The standard InChI is InChI=1S/C11H16N9.Al/c1-19-2-4-20(5-3-19)6-7-14-8-9(12)15-11(13)16-10(8)18-17-7;/h1-6H2,(H4,12,13,15,16,18);. The molecule has 1 aliphatic heterocycles. The van der Waals surface area contributed by atoms with Gasteiger partial charge in [0.15, 0.2) is 17.2 Å². The highest BCUT2D eigenvalue weighted by Crippen LogP contribution is 2.14. The second-order valence-corrected chi connectivity index (χ2v) is 5.31. The van der Waals surface area contributed by atoms with Gasteiger partial charge >= 0.3 is 0 Å². The molecule has 4 N–H and O–H groups in total. The number of aromatic nitrogens is 5. The van der Waals surface area contributed by atoms with E-state index in [0.29, 0.717) is 23.5 Å². The van der Waals surface area contributed by atoms with Crippen LogP contribution in [0, 0.1) is 0 Å². The highest BCUT2D eigenvalue weighted by molar-refractivity contribution is 6.08. The summed E-state index contributed by atoms with van der Waals surface area (Å²) in [7, 11) is 0. The third-order valence-corrected chi connectivity index (χ3v) is 4.02. The maximum atomic E-state index is 5.81. The number of nitrogen functional groups attached to an aromatic ring is 2.